The van der Waals surface area contributed by atoms with Crippen molar-refractivity contribution in [3.8, 4) is 0 Å². The molecule has 1 aliphatic rings. The maximum absolute atomic E-state index is 12.7. The van der Waals surface area contributed by atoms with Crippen LogP contribution in [-0.4, -0.2) is 16.9 Å². The zero-order chi connectivity index (χ0) is 15.1. The van der Waals surface area contributed by atoms with Crippen LogP contribution in [0.2, 0.25) is 0 Å². The predicted molar refractivity (Wildman–Crippen MR) is 75.6 cm³/mol. The highest BCUT2D eigenvalue weighted by molar-refractivity contribution is 4.88. The number of aliphatic hydroxyl groups is 1. The summed E-state index contributed by atoms with van der Waals surface area (Å²) < 4.78 is 38.2. The van der Waals surface area contributed by atoms with Gasteiger partial charge in [0.1, 0.15) is 0 Å². The predicted octanol–water partition coefficient (Wildman–Crippen LogP) is 5.61. The van der Waals surface area contributed by atoms with E-state index < -0.39 is 17.7 Å². The summed E-state index contributed by atoms with van der Waals surface area (Å²) in [4.78, 5) is 0. The first-order valence-electron chi connectivity index (χ1n) is 8.16. The second-order valence-corrected chi connectivity index (χ2v) is 6.43. The molecule has 0 radical (unpaired) electrons. The Morgan fingerprint density at radius 3 is 2.25 bits per heavy atom. The zero-order valence-corrected chi connectivity index (χ0v) is 12.6. The third-order valence-corrected chi connectivity index (χ3v) is 4.53. The van der Waals surface area contributed by atoms with E-state index >= 15 is 0 Å². The summed E-state index contributed by atoms with van der Waals surface area (Å²) >= 11 is 0. The minimum absolute atomic E-state index is 0.0909. The lowest BCUT2D eigenvalue weighted by atomic mass is 9.75. The van der Waals surface area contributed by atoms with Crippen LogP contribution in [0.5, 0.6) is 0 Å². The average Bonchev–Trinajstić information content (AvgIpc) is 2.37. The summed E-state index contributed by atoms with van der Waals surface area (Å²) in [7, 11) is 0. The Morgan fingerprint density at radius 1 is 1.05 bits per heavy atom. The van der Waals surface area contributed by atoms with Crippen molar-refractivity contribution in [3.63, 3.8) is 0 Å². The topological polar surface area (TPSA) is 20.2 Å². The van der Waals surface area contributed by atoms with Crippen LogP contribution in [0.4, 0.5) is 13.2 Å². The summed E-state index contributed by atoms with van der Waals surface area (Å²) in [5, 5.41) is 10.3. The molecule has 20 heavy (non-hydrogen) atoms. The van der Waals surface area contributed by atoms with Crippen molar-refractivity contribution in [3.05, 3.63) is 0 Å². The highest BCUT2D eigenvalue weighted by Crippen LogP contribution is 2.43. The van der Waals surface area contributed by atoms with Crippen LogP contribution >= 0.6 is 0 Å². The molecule has 2 unspecified atom stereocenters. The molecule has 1 rings (SSSR count). The van der Waals surface area contributed by atoms with Gasteiger partial charge in [0.25, 0.3) is 0 Å². The molecule has 0 saturated heterocycles. The summed E-state index contributed by atoms with van der Waals surface area (Å²) in [6, 6.07) is 0. The van der Waals surface area contributed by atoms with E-state index in [1.54, 1.807) is 0 Å². The summed E-state index contributed by atoms with van der Waals surface area (Å²) in [5.41, 5.74) is -1.07. The first kappa shape index (κ1) is 17.8. The van der Waals surface area contributed by atoms with E-state index in [0.717, 1.165) is 19.3 Å². The van der Waals surface area contributed by atoms with Gasteiger partial charge in [-0.2, -0.15) is 13.2 Å². The number of alkyl halides is 3. The standard InChI is InChI=1S/C16H29F3O/c1-2-3-4-5-6-7-8-11-15(20)12-9-10-14(13-15)16(17,18)19/h14,20H,2-13H2,1H3. The molecule has 0 aliphatic heterocycles. The van der Waals surface area contributed by atoms with Crippen molar-refractivity contribution < 1.29 is 18.3 Å². The Bertz CT molecular complexity index is 265. The minimum Gasteiger partial charge on any atom is -0.390 e. The van der Waals surface area contributed by atoms with Crippen molar-refractivity contribution in [1.29, 1.82) is 0 Å². The first-order chi connectivity index (χ1) is 9.37. The van der Waals surface area contributed by atoms with Gasteiger partial charge >= 0.3 is 6.18 Å². The van der Waals surface area contributed by atoms with Crippen molar-refractivity contribution in [2.24, 2.45) is 5.92 Å². The summed E-state index contributed by atoms with van der Waals surface area (Å²) in [6.45, 7) is 2.18. The molecular weight excluding hydrogens is 265 g/mol. The van der Waals surface area contributed by atoms with Gasteiger partial charge in [0, 0.05) is 0 Å². The number of hydrogen-bond acceptors (Lipinski definition) is 1. The van der Waals surface area contributed by atoms with Gasteiger partial charge in [0.2, 0.25) is 0 Å². The molecule has 1 aliphatic carbocycles. The smallest absolute Gasteiger partial charge is 0.390 e. The van der Waals surface area contributed by atoms with Crippen LogP contribution in [0.15, 0.2) is 0 Å². The molecule has 2 atom stereocenters. The van der Waals surface area contributed by atoms with Crippen LogP contribution < -0.4 is 0 Å². The van der Waals surface area contributed by atoms with E-state index in [2.05, 4.69) is 6.92 Å². The number of unbranched alkanes of at least 4 members (excludes halogenated alkanes) is 6. The highest BCUT2D eigenvalue weighted by atomic mass is 19.4. The largest absolute Gasteiger partial charge is 0.391 e. The van der Waals surface area contributed by atoms with Crippen LogP contribution in [0.25, 0.3) is 0 Å². The molecule has 0 bridgehead atoms. The van der Waals surface area contributed by atoms with Gasteiger partial charge in [-0.1, -0.05) is 51.9 Å². The van der Waals surface area contributed by atoms with Gasteiger partial charge in [-0.05, 0) is 32.1 Å². The van der Waals surface area contributed by atoms with Crippen LogP contribution in [0, 0.1) is 5.92 Å². The molecule has 4 heteroatoms. The van der Waals surface area contributed by atoms with Crippen LogP contribution in [-0.2, 0) is 0 Å². The lowest BCUT2D eigenvalue weighted by Crippen LogP contribution is -2.40. The molecule has 0 spiro atoms. The Balaban J connectivity index is 2.21. The van der Waals surface area contributed by atoms with Crippen molar-refractivity contribution >= 4 is 0 Å². The van der Waals surface area contributed by atoms with Gasteiger partial charge in [0.05, 0.1) is 11.5 Å². The fourth-order valence-electron chi connectivity index (χ4n) is 3.26. The van der Waals surface area contributed by atoms with Crippen molar-refractivity contribution in [1.82, 2.24) is 0 Å². The Kier molecular flexibility index (Phi) is 7.35. The second kappa shape index (κ2) is 8.26. The maximum Gasteiger partial charge on any atom is 0.391 e. The number of hydrogen-bond donors (Lipinski definition) is 1. The quantitative estimate of drug-likeness (QED) is 0.577. The van der Waals surface area contributed by atoms with E-state index in [-0.39, 0.29) is 12.8 Å². The Morgan fingerprint density at radius 2 is 1.65 bits per heavy atom. The summed E-state index contributed by atoms with van der Waals surface area (Å²) in [6.07, 6.45) is 5.47. The van der Waals surface area contributed by atoms with Crippen LogP contribution in [0.1, 0.15) is 84.0 Å². The van der Waals surface area contributed by atoms with E-state index in [4.69, 9.17) is 0 Å². The molecule has 0 aromatic rings. The van der Waals surface area contributed by atoms with Gasteiger partial charge in [-0.15, -0.1) is 0 Å². The molecule has 1 nitrogen and oxygen atoms in total. The lowest BCUT2D eigenvalue weighted by molar-refractivity contribution is -0.201. The molecule has 0 aromatic carbocycles. The molecule has 1 fully saturated rings. The molecule has 0 amide bonds. The number of halogens is 3. The third-order valence-electron chi connectivity index (χ3n) is 4.53. The van der Waals surface area contributed by atoms with Gasteiger partial charge < -0.3 is 5.11 Å². The normalized spacial score (nSPS) is 27.8. The lowest BCUT2D eigenvalue weighted by Gasteiger charge is -2.37. The third kappa shape index (κ3) is 6.47. The summed E-state index contributed by atoms with van der Waals surface area (Å²) in [5.74, 6) is -1.30. The maximum atomic E-state index is 12.7. The molecule has 1 N–H and O–H groups in total. The fraction of sp³-hybridized carbons (Fsp3) is 1.00. The molecule has 1 saturated carbocycles. The average molecular weight is 294 g/mol. The van der Waals surface area contributed by atoms with E-state index in [1.807, 2.05) is 0 Å². The molecule has 120 valence electrons. The molecular formula is C16H29F3O. The second-order valence-electron chi connectivity index (χ2n) is 6.43. The fourth-order valence-corrected chi connectivity index (χ4v) is 3.26. The number of rotatable bonds is 8. The molecule has 0 heterocycles. The minimum atomic E-state index is -4.14. The zero-order valence-electron chi connectivity index (χ0n) is 12.6. The first-order valence-corrected chi connectivity index (χ1v) is 8.16. The molecule has 0 aromatic heterocycles. The van der Waals surface area contributed by atoms with Crippen molar-refractivity contribution in [2.75, 3.05) is 0 Å². The van der Waals surface area contributed by atoms with Gasteiger partial charge in [-0.25, -0.2) is 0 Å². The van der Waals surface area contributed by atoms with E-state index in [9.17, 15) is 18.3 Å². The Hall–Kier alpha value is -0.250. The van der Waals surface area contributed by atoms with E-state index in [1.165, 1.54) is 25.7 Å². The van der Waals surface area contributed by atoms with Crippen LogP contribution in [0.3, 0.4) is 0 Å². The van der Waals surface area contributed by atoms with Gasteiger partial charge in [-0.3, -0.25) is 0 Å². The SMILES string of the molecule is CCCCCCCCCC1(O)CCCC(C(F)(F)F)C1. The van der Waals surface area contributed by atoms with Crippen molar-refractivity contribution in [2.45, 2.75) is 95.8 Å². The monoisotopic (exact) mass is 294 g/mol. The Labute approximate surface area is 120 Å². The highest BCUT2D eigenvalue weighted by Gasteiger charge is 2.46. The van der Waals surface area contributed by atoms with Gasteiger partial charge in [0.15, 0.2) is 0 Å². The van der Waals surface area contributed by atoms with E-state index in [0.29, 0.717) is 19.3 Å².